The monoisotopic (exact) mass is 220 g/mol. The molecule has 1 aromatic carbocycles. The molecule has 0 aliphatic rings. The third kappa shape index (κ3) is 3.35. The molecule has 88 valence electrons. The Morgan fingerprint density at radius 3 is 2.12 bits per heavy atom. The molecule has 1 rings (SSSR count). The zero-order valence-electron chi connectivity index (χ0n) is 10.4. The van der Waals surface area contributed by atoms with Crippen molar-refractivity contribution >= 4 is 11.6 Å². The van der Waals surface area contributed by atoms with E-state index in [0.29, 0.717) is 5.92 Å². The van der Waals surface area contributed by atoms with E-state index in [2.05, 4.69) is 24.5 Å². The second-order valence-corrected chi connectivity index (χ2v) is 4.28. The van der Waals surface area contributed by atoms with Crippen LogP contribution in [0.4, 0.5) is 5.69 Å². The van der Waals surface area contributed by atoms with Crippen LogP contribution in [0.5, 0.6) is 0 Å². The molecule has 3 nitrogen and oxygen atoms in total. The SMILES string of the molecule is CNC(C)C(=O)Nc1ccc(C(C)C)cc1. The second kappa shape index (κ2) is 5.66. The van der Waals surface area contributed by atoms with Gasteiger partial charge in [-0.1, -0.05) is 26.0 Å². The number of hydrogen-bond donors (Lipinski definition) is 2. The summed E-state index contributed by atoms with van der Waals surface area (Å²) in [4.78, 5) is 11.6. The van der Waals surface area contributed by atoms with Gasteiger partial charge in [-0.2, -0.15) is 0 Å². The molecule has 0 spiro atoms. The van der Waals surface area contributed by atoms with Crippen LogP contribution in [0.3, 0.4) is 0 Å². The third-order valence-corrected chi connectivity index (χ3v) is 2.67. The molecule has 1 aromatic rings. The van der Waals surface area contributed by atoms with Crippen LogP contribution in [-0.4, -0.2) is 19.0 Å². The first-order valence-electron chi connectivity index (χ1n) is 5.62. The summed E-state index contributed by atoms with van der Waals surface area (Å²) in [6.45, 7) is 6.13. The lowest BCUT2D eigenvalue weighted by Crippen LogP contribution is -2.35. The summed E-state index contributed by atoms with van der Waals surface area (Å²) in [6.07, 6.45) is 0. The fourth-order valence-corrected chi connectivity index (χ4v) is 1.33. The summed E-state index contributed by atoms with van der Waals surface area (Å²) in [6, 6.07) is 7.80. The first-order valence-corrected chi connectivity index (χ1v) is 5.62. The molecule has 0 bridgehead atoms. The highest BCUT2D eigenvalue weighted by Crippen LogP contribution is 2.17. The average Bonchev–Trinajstić information content (AvgIpc) is 2.28. The molecule has 0 radical (unpaired) electrons. The predicted molar refractivity (Wildman–Crippen MR) is 67.7 cm³/mol. The lowest BCUT2D eigenvalue weighted by molar-refractivity contribution is -0.117. The maximum atomic E-state index is 11.6. The van der Waals surface area contributed by atoms with Gasteiger partial charge in [0.25, 0.3) is 0 Å². The number of carbonyl (C=O) groups is 1. The van der Waals surface area contributed by atoms with E-state index in [1.807, 2.05) is 31.2 Å². The molecule has 1 atom stereocenters. The molecule has 0 heterocycles. The Hall–Kier alpha value is -1.35. The van der Waals surface area contributed by atoms with Crippen LogP contribution in [0, 0.1) is 0 Å². The first-order chi connectivity index (χ1) is 7.54. The lowest BCUT2D eigenvalue weighted by atomic mass is 10.0. The van der Waals surface area contributed by atoms with E-state index in [-0.39, 0.29) is 11.9 Å². The quantitative estimate of drug-likeness (QED) is 0.818. The number of carbonyl (C=O) groups excluding carboxylic acids is 1. The average molecular weight is 220 g/mol. The second-order valence-electron chi connectivity index (χ2n) is 4.28. The normalized spacial score (nSPS) is 12.6. The summed E-state index contributed by atoms with van der Waals surface area (Å²) in [5, 5.41) is 5.76. The van der Waals surface area contributed by atoms with Crippen molar-refractivity contribution in [3.8, 4) is 0 Å². The Morgan fingerprint density at radius 2 is 1.69 bits per heavy atom. The fraction of sp³-hybridized carbons (Fsp3) is 0.462. The molecule has 1 unspecified atom stereocenters. The van der Waals surface area contributed by atoms with Crippen molar-refractivity contribution < 1.29 is 4.79 Å². The maximum absolute atomic E-state index is 11.6. The van der Waals surface area contributed by atoms with Crippen molar-refractivity contribution in [3.63, 3.8) is 0 Å². The van der Waals surface area contributed by atoms with E-state index in [0.717, 1.165) is 5.69 Å². The first kappa shape index (κ1) is 12.7. The Labute approximate surface area is 97.2 Å². The van der Waals surface area contributed by atoms with E-state index < -0.39 is 0 Å². The van der Waals surface area contributed by atoms with Crippen molar-refractivity contribution in [2.45, 2.75) is 32.7 Å². The zero-order chi connectivity index (χ0) is 12.1. The van der Waals surface area contributed by atoms with Gasteiger partial charge in [0.1, 0.15) is 0 Å². The molecule has 2 N–H and O–H groups in total. The summed E-state index contributed by atoms with van der Waals surface area (Å²) >= 11 is 0. The van der Waals surface area contributed by atoms with E-state index in [9.17, 15) is 4.79 Å². The molecular formula is C13H20N2O. The van der Waals surface area contributed by atoms with Gasteiger partial charge in [0.05, 0.1) is 6.04 Å². The van der Waals surface area contributed by atoms with E-state index in [1.165, 1.54) is 5.56 Å². The number of hydrogen-bond acceptors (Lipinski definition) is 2. The van der Waals surface area contributed by atoms with Gasteiger partial charge in [0.15, 0.2) is 0 Å². The number of benzene rings is 1. The van der Waals surface area contributed by atoms with Crippen LogP contribution in [-0.2, 0) is 4.79 Å². The van der Waals surface area contributed by atoms with Gasteiger partial charge >= 0.3 is 0 Å². The van der Waals surface area contributed by atoms with Crippen molar-refractivity contribution in [1.29, 1.82) is 0 Å². The summed E-state index contributed by atoms with van der Waals surface area (Å²) < 4.78 is 0. The smallest absolute Gasteiger partial charge is 0.241 e. The van der Waals surface area contributed by atoms with Crippen molar-refractivity contribution in [2.75, 3.05) is 12.4 Å². The number of amides is 1. The van der Waals surface area contributed by atoms with Crippen LogP contribution >= 0.6 is 0 Å². The minimum absolute atomic E-state index is 0.0141. The van der Waals surface area contributed by atoms with Crippen LogP contribution in [0.15, 0.2) is 24.3 Å². The van der Waals surface area contributed by atoms with Gasteiger partial charge in [0.2, 0.25) is 5.91 Å². The standard InChI is InChI=1S/C13H20N2O/c1-9(2)11-5-7-12(8-6-11)15-13(16)10(3)14-4/h5-10,14H,1-4H3,(H,15,16). The van der Waals surface area contributed by atoms with Gasteiger partial charge in [0, 0.05) is 5.69 Å². The van der Waals surface area contributed by atoms with Gasteiger partial charge < -0.3 is 10.6 Å². The third-order valence-electron chi connectivity index (χ3n) is 2.67. The summed E-state index contributed by atoms with van der Waals surface area (Å²) in [5.74, 6) is 0.501. The van der Waals surface area contributed by atoms with Crippen molar-refractivity contribution in [3.05, 3.63) is 29.8 Å². The van der Waals surface area contributed by atoms with Gasteiger partial charge in [-0.15, -0.1) is 0 Å². The Morgan fingerprint density at radius 1 is 1.12 bits per heavy atom. The zero-order valence-corrected chi connectivity index (χ0v) is 10.4. The Kier molecular flexibility index (Phi) is 4.50. The largest absolute Gasteiger partial charge is 0.325 e. The highest BCUT2D eigenvalue weighted by molar-refractivity contribution is 5.94. The molecule has 0 saturated heterocycles. The van der Waals surface area contributed by atoms with Crippen LogP contribution in [0.25, 0.3) is 0 Å². The van der Waals surface area contributed by atoms with Gasteiger partial charge in [-0.3, -0.25) is 4.79 Å². The maximum Gasteiger partial charge on any atom is 0.241 e. The van der Waals surface area contributed by atoms with Gasteiger partial charge in [-0.05, 0) is 37.6 Å². The predicted octanol–water partition coefficient (Wildman–Crippen LogP) is 2.36. The Bertz CT molecular complexity index is 343. The molecule has 0 fully saturated rings. The molecule has 0 aliphatic heterocycles. The molecule has 0 aromatic heterocycles. The number of likely N-dealkylation sites (N-methyl/N-ethyl adjacent to an activating group) is 1. The number of anilines is 1. The van der Waals surface area contributed by atoms with Crippen LogP contribution < -0.4 is 10.6 Å². The highest BCUT2D eigenvalue weighted by atomic mass is 16.2. The number of nitrogens with one attached hydrogen (secondary N) is 2. The summed E-state index contributed by atoms with van der Waals surface area (Å²) in [5.41, 5.74) is 2.12. The highest BCUT2D eigenvalue weighted by Gasteiger charge is 2.09. The van der Waals surface area contributed by atoms with Gasteiger partial charge in [-0.25, -0.2) is 0 Å². The van der Waals surface area contributed by atoms with E-state index in [1.54, 1.807) is 7.05 Å². The minimum Gasteiger partial charge on any atom is -0.325 e. The molecule has 0 aliphatic carbocycles. The van der Waals surface area contributed by atoms with Crippen LogP contribution in [0.2, 0.25) is 0 Å². The fourth-order valence-electron chi connectivity index (χ4n) is 1.33. The Balaban J connectivity index is 2.65. The van der Waals surface area contributed by atoms with Crippen molar-refractivity contribution in [2.24, 2.45) is 0 Å². The molecular weight excluding hydrogens is 200 g/mol. The van der Waals surface area contributed by atoms with E-state index >= 15 is 0 Å². The van der Waals surface area contributed by atoms with E-state index in [4.69, 9.17) is 0 Å². The van der Waals surface area contributed by atoms with Crippen LogP contribution in [0.1, 0.15) is 32.3 Å². The topological polar surface area (TPSA) is 41.1 Å². The summed E-state index contributed by atoms with van der Waals surface area (Å²) in [7, 11) is 1.77. The molecule has 0 saturated carbocycles. The molecule has 1 amide bonds. The van der Waals surface area contributed by atoms with Crippen molar-refractivity contribution in [1.82, 2.24) is 5.32 Å². The molecule has 16 heavy (non-hydrogen) atoms. The lowest BCUT2D eigenvalue weighted by Gasteiger charge is -2.12. The number of rotatable bonds is 4. The molecule has 3 heteroatoms. The minimum atomic E-state index is -0.176.